The van der Waals surface area contributed by atoms with Crippen molar-refractivity contribution in [2.45, 2.75) is 26.3 Å². The maximum atomic E-state index is 11.6. The fourth-order valence-corrected chi connectivity index (χ4v) is 1.38. The van der Waals surface area contributed by atoms with E-state index in [4.69, 9.17) is 14.9 Å². The van der Waals surface area contributed by atoms with Crippen molar-refractivity contribution in [2.75, 3.05) is 19.8 Å². The smallest absolute Gasteiger partial charge is 0.254 e. The summed E-state index contributed by atoms with van der Waals surface area (Å²) in [6.45, 7) is 4.41. The van der Waals surface area contributed by atoms with Crippen LogP contribution in [0.1, 0.15) is 35.9 Å². The van der Waals surface area contributed by atoms with E-state index in [2.05, 4.69) is 5.32 Å². The predicted molar refractivity (Wildman–Crippen MR) is 71.9 cm³/mol. The molecule has 0 saturated heterocycles. The van der Waals surface area contributed by atoms with Gasteiger partial charge in [0, 0.05) is 19.8 Å². The van der Waals surface area contributed by atoms with Crippen molar-refractivity contribution < 1.29 is 13.9 Å². The van der Waals surface area contributed by atoms with Gasteiger partial charge in [-0.2, -0.15) is 0 Å². The lowest BCUT2D eigenvalue weighted by molar-refractivity contribution is 0.0949. The lowest BCUT2D eigenvalue weighted by atomic mass is 10.2. The number of nitrogens with one attached hydrogen (secondary N) is 1. The molecule has 1 amide bonds. The van der Waals surface area contributed by atoms with E-state index in [0.29, 0.717) is 24.4 Å². The van der Waals surface area contributed by atoms with Crippen molar-refractivity contribution in [3.05, 3.63) is 23.7 Å². The van der Waals surface area contributed by atoms with E-state index in [1.165, 1.54) is 6.26 Å². The Balaban J connectivity index is 0.00000289. The van der Waals surface area contributed by atoms with E-state index in [-0.39, 0.29) is 18.3 Å². The fraction of sp³-hybridized carbons (Fsp3) is 0.583. The number of hydrogen-bond acceptors (Lipinski definition) is 4. The van der Waals surface area contributed by atoms with Crippen molar-refractivity contribution in [3.8, 4) is 0 Å². The number of amides is 1. The summed E-state index contributed by atoms with van der Waals surface area (Å²) in [5.41, 5.74) is 5.92. The number of rotatable bonds is 8. The zero-order valence-corrected chi connectivity index (χ0v) is 11.4. The molecule has 1 heterocycles. The van der Waals surface area contributed by atoms with Gasteiger partial charge < -0.3 is 20.2 Å². The largest absolute Gasteiger partial charge is 0.467 e. The van der Waals surface area contributed by atoms with Gasteiger partial charge in [-0.1, -0.05) is 0 Å². The maximum absolute atomic E-state index is 11.6. The highest BCUT2D eigenvalue weighted by Crippen LogP contribution is 2.06. The second-order valence-electron chi connectivity index (χ2n) is 3.67. The molecule has 0 atom stereocenters. The van der Waals surface area contributed by atoms with E-state index in [1.807, 2.05) is 6.92 Å². The van der Waals surface area contributed by atoms with Crippen molar-refractivity contribution in [3.63, 3.8) is 0 Å². The molecule has 0 aliphatic heterocycles. The van der Waals surface area contributed by atoms with Gasteiger partial charge in [0.05, 0.1) is 12.1 Å². The van der Waals surface area contributed by atoms with Gasteiger partial charge in [-0.15, -0.1) is 12.4 Å². The number of furan rings is 1. The summed E-state index contributed by atoms with van der Waals surface area (Å²) >= 11 is 0. The molecule has 0 spiro atoms. The molecule has 0 bridgehead atoms. The van der Waals surface area contributed by atoms with Crippen LogP contribution in [0.25, 0.3) is 0 Å². The Kier molecular flexibility index (Phi) is 9.36. The van der Waals surface area contributed by atoms with Gasteiger partial charge in [0.2, 0.25) is 0 Å². The SMILES string of the molecule is CCOCCCCNC(=O)c1coc(CN)c1.Cl. The topological polar surface area (TPSA) is 77.5 Å². The number of hydrogen-bond donors (Lipinski definition) is 2. The molecular formula is C12H21ClN2O3. The average molecular weight is 277 g/mol. The van der Waals surface area contributed by atoms with Gasteiger partial charge in [0.1, 0.15) is 12.0 Å². The van der Waals surface area contributed by atoms with Gasteiger partial charge >= 0.3 is 0 Å². The van der Waals surface area contributed by atoms with E-state index in [0.717, 1.165) is 26.1 Å². The van der Waals surface area contributed by atoms with Crippen LogP contribution < -0.4 is 11.1 Å². The van der Waals surface area contributed by atoms with Crippen molar-refractivity contribution in [2.24, 2.45) is 5.73 Å². The third-order valence-corrected chi connectivity index (χ3v) is 2.32. The molecule has 0 fully saturated rings. The molecule has 18 heavy (non-hydrogen) atoms. The summed E-state index contributed by atoms with van der Waals surface area (Å²) < 4.78 is 10.3. The summed E-state index contributed by atoms with van der Waals surface area (Å²) in [5, 5.41) is 2.82. The number of nitrogens with two attached hydrogens (primary N) is 1. The standard InChI is InChI=1S/C12H20N2O3.ClH/c1-2-16-6-4-3-5-14-12(15)10-7-11(8-13)17-9-10;/h7,9H,2-6,8,13H2,1H3,(H,14,15);1H. The Bertz CT molecular complexity index is 342. The number of carbonyl (C=O) groups is 1. The van der Waals surface area contributed by atoms with Gasteiger partial charge in [0.15, 0.2) is 0 Å². The van der Waals surface area contributed by atoms with Crippen molar-refractivity contribution >= 4 is 18.3 Å². The predicted octanol–water partition coefficient (Wildman–Crippen LogP) is 1.71. The lowest BCUT2D eigenvalue weighted by Crippen LogP contribution is -2.24. The minimum Gasteiger partial charge on any atom is -0.467 e. The highest BCUT2D eigenvalue weighted by Gasteiger charge is 2.08. The zero-order valence-electron chi connectivity index (χ0n) is 10.6. The second kappa shape index (κ2) is 9.94. The van der Waals surface area contributed by atoms with Gasteiger partial charge in [-0.05, 0) is 25.8 Å². The van der Waals surface area contributed by atoms with Crippen LogP contribution in [0.15, 0.2) is 16.7 Å². The quantitative estimate of drug-likeness (QED) is 0.709. The summed E-state index contributed by atoms with van der Waals surface area (Å²) in [5.74, 6) is 0.497. The van der Waals surface area contributed by atoms with Crippen LogP contribution in [0.3, 0.4) is 0 Å². The van der Waals surface area contributed by atoms with E-state index in [9.17, 15) is 4.79 Å². The van der Waals surface area contributed by atoms with E-state index in [1.54, 1.807) is 6.07 Å². The summed E-state index contributed by atoms with van der Waals surface area (Å²) in [6.07, 6.45) is 3.29. The highest BCUT2D eigenvalue weighted by atomic mass is 35.5. The Morgan fingerprint density at radius 2 is 2.28 bits per heavy atom. The highest BCUT2D eigenvalue weighted by molar-refractivity contribution is 5.93. The van der Waals surface area contributed by atoms with Gasteiger partial charge in [-0.25, -0.2) is 0 Å². The van der Waals surface area contributed by atoms with Crippen molar-refractivity contribution in [1.82, 2.24) is 5.32 Å². The molecule has 0 radical (unpaired) electrons. The van der Waals surface area contributed by atoms with E-state index >= 15 is 0 Å². The molecule has 0 saturated carbocycles. The fourth-order valence-electron chi connectivity index (χ4n) is 1.38. The molecule has 5 nitrogen and oxygen atoms in total. The Morgan fingerprint density at radius 1 is 1.50 bits per heavy atom. The van der Waals surface area contributed by atoms with Crippen LogP contribution in [0.2, 0.25) is 0 Å². The molecule has 0 aliphatic carbocycles. The normalized spacial score (nSPS) is 9.89. The first-order valence-corrected chi connectivity index (χ1v) is 5.91. The monoisotopic (exact) mass is 276 g/mol. The van der Waals surface area contributed by atoms with E-state index < -0.39 is 0 Å². The molecule has 1 rings (SSSR count). The lowest BCUT2D eigenvalue weighted by Gasteiger charge is -2.03. The summed E-state index contributed by atoms with van der Waals surface area (Å²) in [6, 6.07) is 1.66. The first-order valence-electron chi connectivity index (χ1n) is 5.91. The molecule has 0 unspecified atom stereocenters. The first-order chi connectivity index (χ1) is 8.27. The van der Waals surface area contributed by atoms with Crippen molar-refractivity contribution in [1.29, 1.82) is 0 Å². The molecule has 3 N–H and O–H groups in total. The minimum atomic E-state index is -0.121. The number of unbranched alkanes of at least 4 members (excludes halogenated alkanes) is 1. The molecule has 104 valence electrons. The third-order valence-electron chi connectivity index (χ3n) is 2.32. The van der Waals surface area contributed by atoms with Gasteiger partial charge in [-0.3, -0.25) is 4.79 Å². The third kappa shape index (κ3) is 6.05. The van der Waals surface area contributed by atoms with Crippen LogP contribution in [0.5, 0.6) is 0 Å². The minimum absolute atomic E-state index is 0. The van der Waals surface area contributed by atoms with Crippen LogP contribution in [-0.2, 0) is 11.3 Å². The summed E-state index contributed by atoms with van der Waals surface area (Å²) in [4.78, 5) is 11.6. The van der Waals surface area contributed by atoms with Crippen LogP contribution in [-0.4, -0.2) is 25.7 Å². The Labute approximate surface area is 113 Å². The maximum Gasteiger partial charge on any atom is 0.254 e. The Hall–Kier alpha value is -1.04. The van der Waals surface area contributed by atoms with Gasteiger partial charge in [0.25, 0.3) is 5.91 Å². The van der Waals surface area contributed by atoms with Crippen LogP contribution in [0.4, 0.5) is 0 Å². The molecular weight excluding hydrogens is 256 g/mol. The zero-order chi connectivity index (χ0) is 12.5. The number of carbonyl (C=O) groups excluding carboxylic acids is 1. The first kappa shape index (κ1) is 17.0. The molecule has 0 aliphatic rings. The second-order valence-corrected chi connectivity index (χ2v) is 3.67. The molecule has 6 heteroatoms. The van der Waals surface area contributed by atoms with Crippen LogP contribution >= 0.6 is 12.4 Å². The molecule has 0 aromatic carbocycles. The summed E-state index contributed by atoms with van der Waals surface area (Å²) in [7, 11) is 0. The van der Waals surface area contributed by atoms with Crippen LogP contribution in [0, 0.1) is 0 Å². The molecule has 1 aromatic rings. The number of ether oxygens (including phenoxy) is 1. The molecule has 1 aromatic heterocycles. The average Bonchev–Trinajstić information content (AvgIpc) is 2.82. The Morgan fingerprint density at radius 3 is 2.89 bits per heavy atom. The number of halogens is 1.